The number of nitrogens with zero attached hydrogens (tertiary/aromatic N) is 4. The molecule has 2 aliphatic heterocycles. The maximum Gasteiger partial charge on any atom is 0.231 e. The predicted molar refractivity (Wildman–Crippen MR) is 98.2 cm³/mol. The molecule has 0 aliphatic carbocycles. The van der Waals surface area contributed by atoms with E-state index in [9.17, 15) is 4.79 Å². The van der Waals surface area contributed by atoms with Crippen LogP contribution in [0.5, 0.6) is 0 Å². The topological polar surface area (TPSA) is 49.3 Å². The molecule has 0 saturated carbocycles. The van der Waals surface area contributed by atoms with Crippen LogP contribution < -0.4 is 0 Å². The molecule has 1 amide bonds. The molecule has 2 fully saturated rings. The lowest BCUT2D eigenvalue weighted by molar-refractivity contribution is -0.135. The Balaban J connectivity index is 1.62. The second-order valence-electron chi connectivity index (χ2n) is 6.90. The summed E-state index contributed by atoms with van der Waals surface area (Å²) in [5, 5.41) is 3.09. The number of amides is 1. The minimum absolute atomic E-state index is 0.173. The maximum absolute atomic E-state index is 13.2. The van der Waals surface area contributed by atoms with Crippen LogP contribution >= 0.6 is 11.3 Å². The minimum Gasteiger partial charge on any atom is -0.338 e. The number of aromatic nitrogens is 2. The Bertz CT molecular complexity index is 748. The Morgan fingerprint density at radius 2 is 2.36 bits per heavy atom. The molecule has 0 bridgehead atoms. The number of carbonyl (C=O) groups is 1. The van der Waals surface area contributed by atoms with E-state index in [1.807, 2.05) is 34.8 Å². The monoisotopic (exact) mass is 354 g/mol. The molecule has 25 heavy (non-hydrogen) atoms. The highest BCUT2D eigenvalue weighted by molar-refractivity contribution is 7.09. The molecule has 0 aromatic carbocycles. The molecule has 2 aromatic rings. The van der Waals surface area contributed by atoms with Crippen molar-refractivity contribution in [3.05, 3.63) is 59.3 Å². The van der Waals surface area contributed by atoms with E-state index in [4.69, 9.17) is 0 Å². The van der Waals surface area contributed by atoms with Crippen molar-refractivity contribution in [3.63, 3.8) is 0 Å². The second kappa shape index (κ2) is 6.69. The van der Waals surface area contributed by atoms with Crippen molar-refractivity contribution in [2.45, 2.75) is 18.9 Å². The van der Waals surface area contributed by atoms with E-state index in [0.29, 0.717) is 6.54 Å². The molecule has 2 atom stereocenters. The largest absolute Gasteiger partial charge is 0.338 e. The molecule has 2 aliphatic rings. The minimum atomic E-state index is -0.344. The molecule has 4 rings (SSSR count). The molecule has 0 radical (unpaired) electrons. The third kappa shape index (κ3) is 2.89. The van der Waals surface area contributed by atoms with Crippen LogP contribution in [0, 0.1) is 5.41 Å². The third-order valence-electron chi connectivity index (χ3n) is 5.38. The van der Waals surface area contributed by atoms with Crippen molar-refractivity contribution < 1.29 is 4.79 Å². The van der Waals surface area contributed by atoms with Gasteiger partial charge in [-0.3, -0.25) is 14.7 Å². The van der Waals surface area contributed by atoms with Gasteiger partial charge in [-0.1, -0.05) is 12.1 Å². The lowest BCUT2D eigenvalue weighted by Crippen LogP contribution is -2.39. The van der Waals surface area contributed by atoms with Crippen molar-refractivity contribution in [1.82, 2.24) is 19.8 Å². The fraction of sp³-hybridized carbons (Fsp3) is 0.421. The van der Waals surface area contributed by atoms with Gasteiger partial charge < -0.3 is 4.90 Å². The first-order valence-corrected chi connectivity index (χ1v) is 9.52. The lowest BCUT2D eigenvalue weighted by atomic mass is 9.77. The van der Waals surface area contributed by atoms with Gasteiger partial charge in [-0.25, -0.2) is 4.98 Å². The van der Waals surface area contributed by atoms with E-state index in [1.165, 1.54) is 5.56 Å². The van der Waals surface area contributed by atoms with Crippen LogP contribution in [0.15, 0.2) is 48.8 Å². The quantitative estimate of drug-likeness (QED) is 0.774. The number of hydrogen-bond donors (Lipinski definition) is 0. The summed E-state index contributed by atoms with van der Waals surface area (Å²) in [5.74, 6) is 0.438. The van der Waals surface area contributed by atoms with Crippen molar-refractivity contribution in [1.29, 1.82) is 0 Å². The van der Waals surface area contributed by atoms with Crippen molar-refractivity contribution >= 4 is 17.2 Å². The van der Waals surface area contributed by atoms with Crippen LogP contribution in [0.25, 0.3) is 0 Å². The second-order valence-corrected chi connectivity index (χ2v) is 7.83. The van der Waals surface area contributed by atoms with Gasteiger partial charge in [-0.15, -0.1) is 17.9 Å². The van der Waals surface area contributed by atoms with Gasteiger partial charge in [0.25, 0.3) is 0 Å². The summed E-state index contributed by atoms with van der Waals surface area (Å²) in [6.45, 7) is 7.72. The van der Waals surface area contributed by atoms with Gasteiger partial charge in [-0.05, 0) is 18.1 Å². The molecule has 6 heteroatoms. The molecule has 2 saturated heterocycles. The van der Waals surface area contributed by atoms with Gasteiger partial charge >= 0.3 is 0 Å². The van der Waals surface area contributed by atoms with E-state index < -0.39 is 0 Å². The highest BCUT2D eigenvalue weighted by Gasteiger charge is 2.57. The zero-order valence-corrected chi connectivity index (χ0v) is 15.0. The van der Waals surface area contributed by atoms with Gasteiger partial charge in [0.2, 0.25) is 5.91 Å². The first kappa shape index (κ1) is 16.4. The van der Waals surface area contributed by atoms with Crippen molar-refractivity contribution in [3.8, 4) is 0 Å². The summed E-state index contributed by atoms with van der Waals surface area (Å²) < 4.78 is 0. The van der Waals surface area contributed by atoms with E-state index in [0.717, 1.165) is 37.6 Å². The van der Waals surface area contributed by atoms with Crippen LogP contribution in [0.2, 0.25) is 0 Å². The average Bonchev–Trinajstić information content (AvgIpc) is 3.33. The molecular weight excluding hydrogens is 332 g/mol. The molecule has 1 spiro atoms. The molecule has 0 N–H and O–H groups in total. The first-order valence-electron chi connectivity index (χ1n) is 8.64. The smallest absolute Gasteiger partial charge is 0.231 e. The summed E-state index contributed by atoms with van der Waals surface area (Å²) in [6, 6.07) is 4.06. The highest BCUT2D eigenvalue weighted by Crippen LogP contribution is 2.50. The molecule has 4 heterocycles. The number of hydrogen-bond acceptors (Lipinski definition) is 5. The molecule has 0 unspecified atom stereocenters. The summed E-state index contributed by atoms with van der Waals surface area (Å²) >= 11 is 1.66. The summed E-state index contributed by atoms with van der Waals surface area (Å²) in [5.41, 5.74) is 0.842. The summed E-state index contributed by atoms with van der Waals surface area (Å²) in [4.78, 5) is 26.3. The maximum atomic E-state index is 13.2. The van der Waals surface area contributed by atoms with Crippen LogP contribution in [0.3, 0.4) is 0 Å². The fourth-order valence-electron chi connectivity index (χ4n) is 4.26. The molecule has 2 aromatic heterocycles. The van der Waals surface area contributed by atoms with E-state index in [2.05, 4.69) is 27.5 Å². The molecule has 5 nitrogen and oxygen atoms in total. The van der Waals surface area contributed by atoms with Crippen LogP contribution in [0.4, 0.5) is 0 Å². The Kier molecular flexibility index (Phi) is 4.39. The van der Waals surface area contributed by atoms with Gasteiger partial charge in [-0.2, -0.15) is 0 Å². The van der Waals surface area contributed by atoms with Gasteiger partial charge in [0.05, 0.1) is 10.4 Å². The zero-order chi connectivity index (χ0) is 17.3. The fourth-order valence-corrected chi connectivity index (χ4v) is 5.10. The van der Waals surface area contributed by atoms with Crippen LogP contribution in [0.1, 0.15) is 22.9 Å². The average molecular weight is 354 g/mol. The van der Waals surface area contributed by atoms with E-state index >= 15 is 0 Å². The van der Waals surface area contributed by atoms with Crippen molar-refractivity contribution in [2.24, 2.45) is 5.41 Å². The SMILES string of the molecule is C=CCN1CC[C@]2(CN(Cc3cccnc3)C[C@@H]2c2nccs2)C1=O. The molecular formula is C19H22N4OS. The standard InChI is InChI=1S/C19H22N4OS/c1-2-8-23-9-5-19(18(23)24)14-22(12-15-4-3-6-20-11-15)13-16(19)17-21-7-10-25-17/h2-4,6-7,10-11,16H,1,5,8-9,12-14H2/t16-,19-/m1/s1. The summed E-state index contributed by atoms with van der Waals surface area (Å²) in [6.07, 6.45) is 8.26. The normalized spacial score (nSPS) is 26.6. The van der Waals surface area contributed by atoms with Crippen molar-refractivity contribution in [2.75, 3.05) is 26.2 Å². The first-order chi connectivity index (χ1) is 12.2. The number of pyridine rings is 1. The third-order valence-corrected chi connectivity index (χ3v) is 6.27. The van der Waals surface area contributed by atoms with Gasteiger partial charge in [0.15, 0.2) is 0 Å². The Labute approximate surface area is 152 Å². The van der Waals surface area contributed by atoms with Gasteiger partial charge in [0.1, 0.15) is 0 Å². The summed E-state index contributed by atoms with van der Waals surface area (Å²) in [7, 11) is 0. The number of rotatable bonds is 5. The predicted octanol–water partition coefficient (Wildman–Crippen LogP) is 2.54. The Morgan fingerprint density at radius 3 is 3.08 bits per heavy atom. The van der Waals surface area contributed by atoms with Crippen LogP contribution in [-0.4, -0.2) is 51.9 Å². The number of carbonyl (C=O) groups excluding carboxylic acids is 1. The zero-order valence-electron chi connectivity index (χ0n) is 14.2. The van der Waals surface area contributed by atoms with Gasteiger partial charge in [0, 0.05) is 62.6 Å². The Morgan fingerprint density at radius 1 is 1.44 bits per heavy atom. The Hall–Kier alpha value is -2.05. The van der Waals surface area contributed by atoms with E-state index in [-0.39, 0.29) is 17.2 Å². The van der Waals surface area contributed by atoms with E-state index in [1.54, 1.807) is 17.5 Å². The molecule has 130 valence electrons. The highest BCUT2D eigenvalue weighted by atomic mass is 32.1. The van der Waals surface area contributed by atoms with Crippen LogP contribution in [-0.2, 0) is 11.3 Å². The number of likely N-dealkylation sites (tertiary alicyclic amines) is 2. The number of thiazole rings is 1. The lowest BCUT2D eigenvalue weighted by Gasteiger charge is -2.27.